The number of aromatic amines is 1. The maximum atomic E-state index is 13.3. The second-order valence-corrected chi connectivity index (χ2v) is 9.59. The fourth-order valence-electron chi connectivity index (χ4n) is 4.83. The molecule has 2 fully saturated rings. The van der Waals surface area contributed by atoms with Crippen LogP contribution in [0.15, 0.2) is 70.3 Å². The first-order valence-corrected chi connectivity index (χ1v) is 12.3. The van der Waals surface area contributed by atoms with E-state index < -0.39 is 12.3 Å². The van der Waals surface area contributed by atoms with Crippen molar-refractivity contribution >= 4 is 44.5 Å². The smallest absolute Gasteiger partial charge is 0.328 e. The first-order valence-electron chi connectivity index (χ1n) is 11.5. The van der Waals surface area contributed by atoms with Gasteiger partial charge in [-0.3, -0.25) is 15.2 Å². The maximum Gasteiger partial charge on any atom is 0.328 e. The number of amidine groups is 1. The van der Waals surface area contributed by atoms with Crippen molar-refractivity contribution in [3.05, 3.63) is 70.8 Å². The zero-order chi connectivity index (χ0) is 23.1. The lowest BCUT2D eigenvalue weighted by Gasteiger charge is -2.25. The predicted molar refractivity (Wildman–Crippen MR) is 132 cm³/mol. The highest BCUT2D eigenvalue weighted by molar-refractivity contribution is 9.10. The number of benzene rings is 2. The van der Waals surface area contributed by atoms with Crippen LogP contribution in [-0.4, -0.2) is 33.9 Å². The number of H-pyrrole nitrogens is 1. The highest BCUT2D eigenvalue weighted by atomic mass is 79.9. The van der Waals surface area contributed by atoms with Crippen LogP contribution in [0, 0.1) is 0 Å². The number of nitrogens with one attached hydrogen (secondary N) is 2. The number of fused-ring (bicyclic) bond motifs is 1. The molecule has 2 aliphatic heterocycles. The van der Waals surface area contributed by atoms with Crippen LogP contribution < -0.4 is 10.2 Å². The molecule has 34 heavy (non-hydrogen) atoms. The first-order chi connectivity index (χ1) is 16.7. The third-order valence-corrected chi connectivity index (χ3v) is 7.25. The molecule has 6 rings (SSSR count). The Balaban J connectivity index is 1.36. The van der Waals surface area contributed by atoms with Gasteiger partial charge in [0.1, 0.15) is 12.1 Å². The Hall–Kier alpha value is -3.33. The van der Waals surface area contributed by atoms with Gasteiger partial charge in [-0.15, -0.1) is 0 Å². The fourth-order valence-corrected chi connectivity index (χ4v) is 5.30. The highest BCUT2D eigenvalue weighted by Gasteiger charge is 2.44. The van der Waals surface area contributed by atoms with E-state index in [2.05, 4.69) is 31.2 Å². The van der Waals surface area contributed by atoms with E-state index >= 15 is 0 Å². The number of anilines is 1. The molecule has 0 radical (unpaired) electrons. The molecule has 3 aliphatic rings. The number of aromatic nitrogens is 2. The van der Waals surface area contributed by atoms with Crippen molar-refractivity contribution in [1.29, 1.82) is 0 Å². The average Bonchev–Trinajstić information content (AvgIpc) is 3.58. The number of halogens is 1. The zero-order valence-electron chi connectivity index (χ0n) is 18.4. The number of carbonyl (C=O) groups is 1. The Kier molecular flexibility index (Phi) is 5.49. The van der Waals surface area contributed by atoms with Crippen molar-refractivity contribution in [3.63, 3.8) is 0 Å². The predicted octanol–water partition coefficient (Wildman–Crippen LogP) is 5.54. The molecule has 0 spiro atoms. The van der Waals surface area contributed by atoms with Gasteiger partial charge in [-0.05, 0) is 37.1 Å². The molecule has 2 atom stereocenters. The van der Waals surface area contributed by atoms with E-state index in [1.165, 1.54) is 6.42 Å². The number of rotatable bonds is 4. The summed E-state index contributed by atoms with van der Waals surface area (Å²) in [6.45, 7) is 0. The van der Waals surface area contributed by atoms with Crippen molar-refractivity contribution < 1.29 is 14.3 Å². The highest BCUT2D eigenvalue weighted by Crippen LogP contribution is 2.38. The van der Waals surface area contributed by atoms with Gasteiger partial charge in [-0.1, -0.05) is 53.4 Å². The third-order valence-electron chi connectivity index (χ3n) is 6.53. The summed E-state index contributed by atoms with van der Waals surface area (Å²) in [5, 5.41) is 3.01. The van der Waals surface area contributed by atoms with Crippen LogP contribution in [0.5, 0.6) is 0 Å². The minimum atomic E-state index is -0.603. The third kappa shape index (κ3) is 3.83. The molecule has 2 amide bonds. The molecule has 9 heteroatoms. The lowest BCUT2D eigenvalue weighted by Crippen LogP contribution is -2.37. The molecular formula is C25H24BrN5O3. The van der Waals surface area contributed by atoms with Crippen molar-refractivity contribution in [2.24, 2.45) is 4.99 Å². The molecule has 0 bridgehead atoms. The quantitative estimate of drug-likeness (QED) is 0.471. The number of hydrogen-bond donors (Lipinski definition) is 2. The van der Waals surface area contributed by atoms with Gasteiger partial charge in [-0.25, -0.2) is 9.78 Å². The molecule has 1 aromatic heterocycles. The van der Waals surface area contributed by atoms with E-state index in [-0.39, 0.29) is 12.1 Å². The Morgan fingerprint density at radius 1 is 1.12 bits per heavy atom. The Labute approximate surface area is 205 Å². The van der Waals surface area contributed by atoms with Crippen LogP contribution in [0.3, 0.4) is 0 Å². The summed E-state index contributed by atoms with van der Waals surface area (Å²) in [6, 6.07) is 12.9. The van der Waals surface area contributed by atoms with E-state index in [1.54, 1.807) is 17.5 Å². The maximum absolute atomic E-state index is 13.3. The molecule has 1 saturated carbocycles. The van der Waals surface area contributed by atoms with Crippen LogP contribution in [-0.2, 0) is 9.47 Å². The summed E-state index contributed by atoms with van der Waals surface area (Å²) < 4.78 is 13.1. The summed E-state index contributed by atoms with van der Waals surface area (Å²) >= 11 is 3.57. The molecular weight excluding hydrogens is 498 g/mol. The second-order valence-electron chi connectivity index (χ2n) is 8.74. The number of carbonyl (C=O) groups excluding carboxylic acids is 1. The standard InChI is InChI=1S/C25H24BrN5O3/c26-18-9-5-4-8-17(18)24-33-13-21(34-24)22-23(29-15-6-2-1-3-7-15)30-25(32)31(22)16-10-11-19-20(12-16)28-14-27-19/h4-5,8-15,22,24H,1-3,6-7H2,(H,27,28)(H,29,30,32). The van der Waals surface area contributed by atoms with Gasteiger partial charge in [0.2, 0.25) is 0 Å². The van der Waals surface area contributed by atoms with Crippen molar-refractivity contribution in [2.45, 2.75) is 50.5 Å². The van der Waals surface area contributed by atoms with Crippen LogP contribution in [0.1, 0.15) is 44.0 Å². The number of ether oxygens (including phenoxy) is 2. The number of imidazole rings is 1. The van der Waals surface area contributed by atoms with Crippen LogP contribution in [0.4, 0.5) is 10.5 Å². The Bertz CT molecular complexity index is 1300. The lowest BCUT2D eigenvalue weighted by atomic mass is 9.96. The number of nitrogens with zero attached hydrogens (tertiary/aromatic N) is 3. The van der Waals surface area contributed by atoms with E-state index in [9.17, 15) is 4.79 Å². The summed E-state index contributed by atoms with van der Waals surface area (Å²) in [7, 11) is 0. The SMILES string of the molecule is O=C1NC(=NC2CCCCC2)C(C2=COC(c3ccccc3Br)O2)N1c1ccc2nc[nH]c2c1. The number of amides is 2. The van der Waals surface area contributed by atoms with Gasteiger partial charge in [0.25, 0.3) is 6.29 Å². The fraction of sp³-hybridized carbons (Fsp3) is 0.320. The van der Waals surface area contributed by atoms with Crippen molar-refractivity contribution in [2.75, 3.05) is 4.90 Å². The summed E-state index contributed by atoms with van der Waals surface area (Å²) in [4.78, 5) is 27.3. The van der Waals surface area contributed by atoms with Gasteiger partial charge in [0, 0.05) is 15.7 Å². The molecule has 2 aromatic carbocycles. The van der Waals surface area contributed by atoms with Gasteiger partial charge in [-0.2, -0.15) is 0 Å². The number of aliphatic imine (C=N–C) groups is 1. The molecule has 2 unspecified atom stereocenters. The number of urea groups is 1. The summed E-state index contributed by atoms with van der Waals surface area (Å²) in [5.41, 5.74) is 3.29. The molecule has 2 N–H and O–H groups in total. The molecule has 8 nitrogen and oxygen atoms in total. The minimum Gasteiger partial charge on any atom is -0.455 e. The zero-order valence-corrected chi connectivity index (χ0v) is 20.0. The second kappa shape index (κ2) is 8.79. The van der Waals surface area contributed by atoms with Crippen LogP contribution in [0.25, 0.3) is 11.0 Å². The summed E-state index contributed by atoms with van der Waals surface area (Å²) in [5.74, 6) is 1.14. The van der Waals surface area contributed by atoms with E-state index in [4.69, 9.17) is 14.5 Å². The number of hydrogen-bond acceptors (Lipinski definition) is 5. The monoisotopic (exact) mass is 521 g/mol. The van der Waals surface area contributed by atoms with E-state index in [0.717, 1.165) is 52.4 Å². The van der Waals surface area contributed by atoms with E-state index in [1.807, 2.05) is 42.5 Å². The van der Waals surface area contributed by atoms with Crippen molar-refractivity contribution in [3.8, 4) is 0 Å². The van der Waals surface area contributed by atoms with Gasteiger partial charge in [0.05, 0.1) is 23.4 Å². The Morgan fingerprint density at radius 3 is 2.82 bits per heavy atom. The molecule has 3 aromatic rings. The molecule has 3 heterocycles. The van der Waals surface area contributed by atoms with Crippen molar-refractivity contribution in [1.82, 2.24) is 15.3 Å². The topological polar surface area (TPSA) is 91.8 Å². The summed E-state index contributed by atoms with van der Waals surface area (Å²) in [6.07, 6.45) is 8.26. The largest absolute Gasteiger partial charge is 0.455 e. The molecule has 1 saturated heterocycles. The Morgan fingerprint density at radius 2 is 1.97 bits per heavy atom. The van der Waals surface area contributed by atoms with Crippen LogP contribution in [0.2, 0.25) is 0 Å². The first kappa shape index (κ1) is 21.2. The lowest BCUT2D eigenvalue weighted by molar-refractivity contribution is -0.0357. The van der Waals surface area contributed by atoms with Gasteiger partial charge >= 0.3 is 6.03 Å². The molecule has 1 aliphatic carbocycles. The normalized spacial score (nSPS) is 24.3. The van der Waals surface area contributed by atoms with E-state index in [0.29, 0.717) is 11.6 Å². The minimum absolute atomic E-state index is 0.198. The van der Waals surface area contributed by atoms with Gasteiger partial charge < -0.3 is 14.5 Å². The van der Waals surface area contributed by atoms with Gasteiger partial charge in [0.15, 0.2) is 11.8 Å². The average molecular weight is 522 g/mol. The molecule has 174 valence electrons. The van der Waals surface area contributed by atoms with Crippen LogP contribution >= 0.6 is 15.9 Å².